The Morgan fingerprint density at radius 1 is 1.13 bits per heavy atom. The summed E-state index contributed by atoms with van der Waals surface area (Å²) in [6.07, 6.45) is 1.03. The average molecular weight is 223 g/mol. The van der Waals surface area contributed by atoms with Gasteiger partial charge in [0.15, 0.2) is 0 Å². The summed E-state index contributed by atoms with van der Waals surface area (Å²) in [6, 6.07) is -1.62. The van der Waals surface area contributed by atoms with E-state index in [-0.39, 0.29) is 12.3 Å². The van der Waals surface area contributed by atoms with E-state index in [1.807, 2.05) is 0 Å². The van der Waals surface area contributed by atoms with Crippen LogP contribution in [0.2, 0.25) is 0 Å². The van der Waals surface area contributed by atoms with Gasteiger partial charge in [0.05, 0.1) is 0 Å². The highest BCUT2D eigenvalue weighted by atomic mass is 19.4. The Bertz CT molecular complexity index is 183. The van der Waals surface area contributed by atoms with Gasteiger partial charge in [-0.25, -0.2) is 0 Å². The predicted octanol–water partition coefficient (Wildman–Crippen LogP) is 3.48. The minimum atomic E-state index is -4.22. The second kappa shape index (κ2) is 5.19. The normalized spacial score (nSPS) is 30.2. The third kappa shape index (κ3) is 4.01. The second-order valence-corrected chi connectivity index (χ2v) is 4.68. The summed E-state index contributed by atoms with van der Waals surface area (Å²) in [5.74, 6) is 0.910. The van der Waals surface area contributed by atoms with Crippen molar-refractivity contribution in [1.82, 2.24) is 0 Å². The van der Waals surface area contributed by atoms with E-state index in [9.17, 15) is 13.2 Å². The standard InChI is InChI=1S/C11H20F3N/c1-2-8-3-5-9(6-4-8)7-10(15)11(12,13)14/h8-10H,2-7,15H2,1H3. The van der Waals surface area contributed by atoms with Crippen molar-refractivity contribution in [2.45, 2.75) is 57.7 Å². The molecule has 0 bridgehead atoms. The van der Waals surface area contributed by atoms with E-state index in [2.05, 4.69) is 6.92 Å². The molecule has 1 unspecified atom stereocenters. The first-order valence-corrected chi connectivity index (χ1v) is 5.75. The molecule has 1 rings (SSSR count). The van der Waals surface area contributed by atoms with Crippen LogP contribution in [-0.4, -0.2) is 12.2 Å². The fraction of sp³-hybridized carbons (Fsp3) is 1.00. The molecule has 0 saturated heterocycles. The quantitative estimate of drug-likeness (QED) is 0.778. The number of nitrogens with two attached hydrogens (primary N) is 1. The summed E-state index contributed by atoms with van der Waals surface area (Å²) in [7, 11) is 0. The van der Waals surface area contributed by atoms with Crippen molar-refractivity contribution in [3.05, 3.63) is 0 Å². The van der Waals surface area contributed by atoms with Crippen LogP contribution in [0.25, 0.3) is 0 Å². The van der Waals surface area contributed by atoms with E-state index in [1.54, 1.807) is 0 Å². The highest BCUT2D eigenvalue weighted by Gasteiger charge is 2.38. The Morgan fingerprint density at radius 2 is 1.60 bits per heavy atom. The molecule has 90 valence electrons. The zero-order valence-electron chi connectivity index (χ0n) is 9.19. The highest BCUT2D eigenvalue weighted by molar-refractivity contribution is 4.79. The lowest BCUT2D eigenvalue weighted by atomic mass is 9.78. The van der Waals surface area contributed by atoms with E-state index in [4.69, 9.17) is 5.73 Å². The molecule has 0 spiro atoms. The van der Waals surface area contributed by atoms with Crippen molar-refractivity contribution in [2.24, 2.45) is 17.6 Å². The molecule has 0 aromatic heterocycles. The summed E-state index contributed by atoms with van der Waals surface area (Å²) in [4.78, 5) is 0. The molecule has 0 amide bonds. The summed E-state index contributed by atoms with van der Waals surface area (Å²) in [5.41, 5.74) is 5.12. The molecule has 1 aliphatic carbocycles. The SMILES string of the molecule is CCC1CCC(CC(N)C(F)(F)F)CC1. The van der Waals surface area contributed by atoms with Gasteiger partial charge in [0, 0.05) is 0 Å². The van der Waals surface area contributed by atoms with Crippen LogP contribution in [0, 0.1) is 11.8 Å². The lowest BCUT2D eigenvalue weighted by Crippen LogP contribution is -2.39. The molecule has 1 saturated carbocycles. The van der Waals surface area contributed by atoms with E-state index in [0.29, 0.717) is 0 Å². The Kier molecular flexibility index (Phi) is 4.44. The second-order valence-electron chi connectivity index (χ2n) is 4.68. The number of hydrogen-bond donors (Lipinski definition) is 1. The fourth-order valence-corrected chi connectivity index (χ4v) is 2.37. The first-order valence-electron chi connectivity index (χ1n) is 5.75. The minimum Gasteiger partial charge on any atom is -0.320 e. The van der Waals surface area contributed by atoms with E-state index in [1.165, 1.54) is 0 Å². The molecule has 1 atom stereocenters. The summed E-state index contributed by atoms with van der Waals surface area (Å²) < 4.78 is 36.7. The topological polar surface area (TPSA) is 26.0 Å². The molecule has 0 heterocycles. The van der Waals surface area contributed by atoms with Gasteiger partial charge in [0.25, 0.3) is 0 Å². The van der Waals surface area contributed by atoms with Crippen molar-refractivity contribution in [3.8, 4) is 0 Å². The minimum absolute atomic E-state index is 0.111. The van der Waals surface area contributed by atoms with E-state index < -0.39 is 12.2 Å². The number of halogens is 3. The molecule has 1 aliphatic rings. The zero-order chi connectivity index (χ0) is 11.5. The molecule has 4 heteroatoms. The van der Waals surface area contributed by atoms with Crippen LogP contribution in [0.5, 0.6) is 0 Å². The van der Waals surface area contributed by atoms with Crippen LogP contribution in [0.4, 0.5) is 13.2 Å². The Balaban J connectivity index is 2.29. The maximum absolute atomic E-state index is 12.2. The molecule has 0 aromatic carbocycles. The monoisotopic (exact) mass is 223 g/mol. The van der Waals surface area contributed by atoms with Gasteiger partial charge in [-0.3, -0.25) is 0 Å². The van der Waals surface area contributed by atoms with Gasteiger partial charge in [-0.2, -0.15) is 13.2 Å². The predicted molar refractivity (Wildman–Crippen MR) is 54.4 cm³/mol. The Labute approximate surface area is 89.2 Å². The van der Waals surface area contributed by atoms with Crippen LogP contribution in [0.3, 0.4) is 0 Å². The highest BCUT2D eigenvalue weighted by Crippen LogP contribution is 2.35. The number of hydrogen-bond acceptors (Lipinski definition) is 1. The van der Waals surface area contributed by atoms with Gasteiger partial charge in [-0.05, 0) is 18.3 Å². The lowest BCUT2D eigenvalue weighted by Gasteiger charge is -2.29. The number of rotatable bonds is 3. The molecule has 0 radical (unpaired) electrons. The Morgan fingerprint density at radius 3 is 2.00 bits per heavy atom. The third-order valence-electron chi connectivity index (χ3n) is 3.55. The van der Waals surface area contributed by atoms with Gasteiger partial charge in [-0.1, -0.05) is 39.0 Å². The van der Waals surface area contributed by atoms with E-state index >= 15 is 0 Å². The van der Waals surface area contributed by atoms with Crippen molar-refractivity contribution in [1.29, 1.82) is 0 Å². The molecule has 0 aromatic rings. The molecule has 1 nitrogen and oxygen atoms in total. The van der Waals surface area contributed by atoms with Crippen LogP contribution in [-0.2, 0) is 0 Å². The molecule has 2 N–H and O–H groups in total. The van der Waals surface area contributed by atoms with Crippen LogP contribution in [0.1, 0.15) is 45.4 Å². The van der Waals surface area contributed by atoms with Crippen molar-refractivity contribution >= 4 is 0 Å². The zero-order valence-corrected chi connectivity index (χ0v) is 9.19. The Hall–Kier alpha value is -0.250. The fourth-order valence-electron chi connectivity index (χ4n) is 2.37. The summed E-state index contributed by atoms with van der Waals surface area (Å²) in [6.45, 7) is 2.15. The smallest absolute Gasteiger partial charge is 0.320 e. The summed E-state index contributed by atoms with van der Waals surface area (Å²) in [5, 5.41) is 0. The maximum Gasteiger partial charge on any atom is 0.403 e. The lowest BCUT2D eigenvalue weighted by molar-refractivity contribution is -0.151. The van der Waals surface area contributed by atoms with Crippen molar-refractivity contribution < 1.29 is 13.2 Å². The van der Waals surface area contributed by atoms with Gasteiger partial charge < -0.3 is 5.73 Å². The van der Waals surface area contributed by atoms with Crippen LogP contribution >= 0.6 is 0 Å². The molecule has 1 fully saturated rings. The van der Waals surface area contributed by atoms with Gasteiger partial charge in [0.1, 0.15) is 6.04 Å². The van der Waals surface area contributed by atoms with Crippen LogP contribution in [0.15, 0.2) is 0 Å². The first-order chi connectivity index (χ1) is 6.93. The molecular formula is C11H20F3N. The first kappa shape index (κ1) is 12.8. The largest absolute Gasteiger partial charge is 0.403 e. The number of alkyl halides is 3. The molecule has 15 heavy (non-hydrogen) atoms. The van der Waals surface area contributed by atoms with Gasteiger partial charge >= 0.3 is 6.18 Å². The van der Waals surface area contributed by atoms with Gasteiger partial charge in [-0.15, -0.1) is 0 Å². The third-order valence-corrected chi connectivity index (χ3v) is 3.55. The average Bonchev–Trinajstić information content (AvgIpc) is 2.17. The van der Waals surface area contributed by atoms with Gasteiger partial charge in [0.2, 0.25) is 0 Å². The van der Waals surface area contributed by atoms with Crippen LogP contribution < -0.4 is 5.73 Å². The molecular weight excluding hydrogens is 203 g/mol. The summed E-state index contributed by atoms with van der Waals surface area (Å²) >= 11 is 0. The maximum atomic E-state index is 12.2. The van der Waals surface area contributed by atoms with Crippen molar-refractivity contribution in [2.75, 3.05) is 0 Å². The molecule has 0 aliphatic heterocycles. The van der Waals surface area contributed by atoms with Crippen molar-refractivity contribution in [3.63, 3.8) is 0 Å². The van der Waals surface area contributed by atoms with E-state index in [0.717, 1.165) is 38.0 Å².